The van der Waals surface area contributed by atoms with Crippen LogP contribution in [0.1, 0.15) is 18.1 Å². The van der Waals surface area contributed by atoms with Crippen LogP contribution in [-0.2, 0) is 17.8 Å². The van der Waals surface area contributed by atoms with Gasteiger partial charge >= 0.3 is 0 Å². The van der Waals surface area contributed by atoms with E-state index in [0.29, 0.717) is 11.5 Å². The molecular formula is C27H24N4O2. The topological polar surface area (TPSA) is 68.4 Å². The highest BCUT2D eigenvalue weighted by Gasteiger charge is 2.17. The molecule has 0 radical (unpaired) electrons. The van der Waals surface area contributed by atoms with Gasteiger partial charge in [0.1, 0.15) is 6.54 Å². The number of hydrogen-bond acceptors (Lipinski definition) is 3. The first-order valence-corrected chi connectivity index (χ1v) is 11.0. The van der Waals surface area contributed by atoms with E-state index in [1.54, 1.807) is 15.0 Å². The molecule has 0 spiro atoms. The van der Waals surface area contributed by atoms with Crippen molar-refractivity contribution in [2.75, 3.05) is 5.32 Å². The standard InChI is InChI=1S/C27H24N4O2/c1-3-19-7-6-8-21(15-19)28-25(32)17-30-23-9-4-5-10-24(23)31-26(33)16-22(29-27(30)31)20-13-11-18(2)12-14-20/h4-16H,3,17H2,1-2H3,(H,28,32). The Balaban J connectivity index is 1.61. The van der Waals surface area contributed by atoms with Crippen molar-refractivity contribution in [1.82, 2.24) is 14.0 Å². The third-order valence-corrected chi connectivity index (χ3v) is 5.82. The minimum absolute atomic E-state index is 0.0388. The van der Waals surface area contributed by atoms with Crippen molar-refractivity contribution in [1.29, 1.82) is 0 Å². The number of hydrogen-bond donors (Lipinski definition) is 1. The number of amides is 1. The van der Waals surface area contributed by atoms with Gasteiger partial charge in [0.15, 0.2) is 0 Å². The van der Waals surface area contributed by atoms with Crippen molar-refractivity contribution < 1.29 is 4.79 Å². The van der Waals surface area contributed by atoms with Gasteiger partial charge in [0.05, 0.1) is 16.7 Å². The fourth-order valence-corrected chi connectivity index (χ4v) is 4.11. The summed E-state index contributed by atoms with van der Waals surface area (Å²) in [6, 6.07) is 24.8. The van der Waals surface area contributed by atoms with Gasteiger partial charge in [0.25, 0.3) is 5.56 Å². The van der Waals surface area contributed by atoms with Gasteiger partial charge in [-0.1, -0.05) is 61.0 Å². The molecule has 5 rings (SSSR count). The lowest BCUT2D eigenvalue weighted by Gasteiger charge is -2.09. The zero-order valence-corrected chi connectivity index (χ0v) is 18.6. The van der Waals surface area contributed by atoms with E-state index in [4.69, 9.17) is 4.98 Å². The number of carbonyl (C=O) groups excluding carboxylic acids is 1. The molecule has 3 aromatic carbocycles. The number of benzene rings is 3. The molecule has 0 saturated heterocycles. The molecule has 0 aliphatic heterocycles. The molecule has 0 bridgehead atoms. The Morgan fingerprint density at radius 3 is 2.45 bits per heavy atom. The normalized spacial score (nSPS) is 11.2. The molecule has 2 heterocycles. The Labute approximate surface area is 191 Å². The van der Waals surface area contributed by atoms with Gasteiger partial charge in [-0.2, -0.15) is 0 Å². The number of nitrogens with one attached hydrogen (secondary N) is 1. The summed E-state index contributed by atoms with van der Waals surface area (Å²) < 4.78 is 3.37. The first kappa shape index (κ1) is 20.7. The van der Waals surface area contributed by atoms with Crippen LogP contribution in [-0.4, -0.2) is 19.9 Å². The van der Waals surface area contributed by atoms with Gasteiger partial charge in [0.2, 0.25) is 11.7 Å². The molecule has 0 aliphatic rings. The number of aryl methyl sites for hydroxylation is 2. The number of fused-ring (bicyclic) bond motifs is 3. The minimum Gasteiger partial charge on any atom is -0.325 e. The van der Waals surface area contributed by atoms with Crippen molar-refractivity contribution >= 4 is 28.4 Å². The highest BCUT2D eigenvalue weighted by molar-refractivity contribution is 5.92. The van der Waals surface area contributed by atoms with E-state index < -0.39 is 0 Å². The van der Waals surface area contributed by atoms with E-state index in [0.717, 1.165) is 39.8 Å². The molecule has 2 aromatic heterocycles. The molecule has 33 heavy (non-hydrogen) atoms. The summed E-state index contributed by atoms with van der Waals surface area (Å²) in [6.45, 7) is 4.13. The van der Waals surface area contributed by atoms with Gasteiger partial charge in [-0.05, 0) is 43.2 Å². The molecule has 1 N–H and O–H groups in total. The van der Waals surface area contributed by atoms with Crippen molar-refractivity contribution in [3.63, 3.8) is 0 Å². The Morgan fingerprint density at radius 2 is 1.70 bits per heavy atom. The molecule has 0 aliphatic carbocycles. The Hall–Kier alpha value is -4.19. The fourth-order valence-electron chi connectivity index (χ4n) is 4.11. The molecule has 1 amide bonds. The average Bonchev–Trinajstić information content (AvgIpc) is 3.13. The van der Waals surface area contributed by atoms with Crippen LogP contribution in [0.4, 0.5) is 5.69 Å². The second-order valence-corrected chi connectivity index (χ2v) is 8.16. The van der Waals surface area contributed by atoms with Gasteiger partial charge < -0.3 is 9.88 Å². The monoisotopic (exact) mass is 436 g/mol. The fraction of sp³-hybridized carbons (Fsp3) is 0.148. The zero-order valence-electron chi connectivity index (χ0n) is 18.6. The summed E-state index contributed by atoms with van der Waals surface area (Å²) in [7, 11) is 0. The Bertz CT molecular complexity index is 1540. The lowest BCUT2D eigenvalue weighted by Crippen LogP contribution is -2.20. The van der Waals surface area contributed by atoms with Crippen molar-refractivity contribution in [2.24, 2.45) is 0 Å². The second-order valence-electron chi connectivity index (χ2n) is 8.16. The van der Waals surface area contributed by atoms with E-state index >= 15 is 0 Å². The van der Waals surface area contributed by atoms with Gasteiger partial charge in [-0.25, -0.2) is 9.38 Å². The third-order valence-electron chi connectivity index (χ3n) is 5.82. The van der Waals surface area contributed by atoms with Crippen LogP contribution in [0.2, 0.25) is 0 Å². The number of imidazole rings is 1. The predicted molar refractivity (Wildman–Crippen MR) is 132 cm³/mol. The zero-order chi connectivity index (χ0) is 22.9. The molecule has 6 heteroatoms. The summed E-state index contributed by atoms with van der Waals surface area (Å²) >= 11 is 0. The highest BCUT2D eigenvalue weighted by Crippen LogP contribution is 2.22. The molecule has 6 nitrogen and oxygen atoms in total. The van der Waals surface area contributed by atoms with E-state index in [9.17, 15) is 9.59 Å². The number of carbonyl (C=O) groups is 1. The number of nitrogens with zero attached hydrogens (tertiary/aromatic N) is 3. The molecule has 0 unspecified atom stereocenters. The van der Waals surface area contributed by atoms with Crippen LogP contribution in [0.3, 0.4) is 0 Å². The van der Waals surface area contributed by atoms with E-state index in [1.807, 2.05) is 79.7 Å². The molecule has 0 saturated carbocycles. The summed E-state index contributed by atoms with van der Waals surface area (Å²) in [5.41, 5.74) is 5.81. The Kier molecular flexibility index (Phi) is 5.26. The van der Waals surface area contributed by atoms with Crippen molar-refractivity contribution in [3.05, 3.63) is 100 Å². The van der Waals surface area contributed by atoms with Crippen LogP contribution in [0.15, 0.2) is 83.7 Å². The van der Waals surface area contributed by atoms with E-state index in [2.05, 4.69) is 12.2 Å². The van der Waals surface area contributed by atoms with Crippen LogP contribution in [0.25, 0.3) is 28.1 Å². The Morgan fingerprint density at radius 1 is 0.939 bits per heavy atom. The SMILES string of the molecule is CCc1cccc(NC(=O)Cn2c3ccccc3n3c(=O)cc(-c4ccc(C)cc4)nc23)c1. The average molecular weight is 437 g/mol. The van der Waals surface area contributed by atoms with Crippen LogP contribution < -0.4 is 10.9 Å². The van der Waals surface area contributed by atoms with Crippen molar-refractivity contribution in [2.45, 2.75) is 26.8 Å². The molecular weight excluding hydrogens is 412 g/mol. The summed E-state index contributed by atoms with van der Waals surface area (Å²) in [4.78, 5) is 30.9. The maximum absolute atomic E-state index is 13.1. The minimum atomic E-state index is -0.179. The number of para-hydroxylation sites is 2. The predicted octanol–water partition coefficient (Wildman–Crippen LogP) is 4.83. The maximum atomic E-state index is 13.1. The molecule has 164 valence electrons. The lowest BCUT2D eigenvalue weighted by molar-refractivity contribution is -0.116. The molecule has 5 aromatic rings. The molecule has 0 fully saturated rings. The van der Waals surface area contributed by atoms with Crippen LogP contribution >= 0.6 is 0 Å². The van der Waals surface area contributed by atoms with E-state index in [1.165, 1.54) is 0 Å². The van der Waals surface area contributed by atoms with Crippen molar-refractivity contribution in [3.8, 4) is 11.3 Å². The first-order chi connectivity index (χ1) is 16.0. The smallest absolute Gasteiger partial charge is 0.260 e. The van der Waals surface area contributed by atoms with Crippen LogP contribution in [0.5, 0.6) is 0 Å². The maximum Gasteiger partial charge on any atom is 0.260 e. The second kappa shape index (κ2) is 8.39. The quantitative estimate of drug-likeness (QED) is 0.429. The summed E-state index contributed by atoms with van der Waals surface area (Å²) in [5.74, 6) is 0.262. The van der Waals surface area contributed by atoms with E-state index in [-0.39, 0.29) is 18.0 Å². The summed E-state index contributed by atoms with van der Waals surface area (Å²) in [6.07, 6.45) is 0.894. The summed E-state index contributed by atoms with van der Waals surface area (Å²) in [5, 5.41) is 2.98. The third kappa shape index (κ3) is 3.91. The largest absolute Gasteiger partial charge is 0.325 e. The lowest BCUT2D eigenvalue weighted by atomic mass is 10.1. The number of aromatic nitrogens is 3. The first-order valence-electron chi connectivity index (χ1n) is 11.0. The van der Waals surface area contributed by atoms with Gasteiger partial charge in [0, 0.05) is 17.3 Å². The molecule has 0 atom stereocenters. The van der Waals surface area contributed by atoms with Gasteiger partial charge in [-0.3, -0.25) is 9.59 Å². The van der Waals surface area contributed by atoms with Crippen LogP contribution in [0, 0.1) is 6.92 Å². The number of anilines is 1. The van der Waals surface area contributed by atoms with Gasteiger partial charge in [-0.15, -0.1) is 0 Å². The number of rotatable bonds is 5. The highest BCUT2D eigenvalue weighted by atomic mass is 16.2.